The maximum absolute atomic E-state index is 5.55. The second-order valence-corrected chi connectivity index (χ2v) is 15.5. The van der Waals surface area contributed by atoms with Crippen molar-refractivity contribution in [3.63, 3.8) is 0 Å². The van der Waals surface area contributed by atoms with Gasteiger partial charge in [-0.15, -0.1) is 0 Å². The zero-order valence-corrected chi connectivity index (χ0v) is 33.1. The Labute approximate surface area is 352 Å². The molecule has 12 rings (SSSR count). The molecule has 284 valence electrons. The molecule has 3 aromatic heterocycles. The number of benzene rings is 9. The Hall–Kier alpha value is -8.21. The van der Waals surface area contributed by atoms with Gasteiger partial charge in [0, 0.05) is 32.8 Å². The fourth-order valence-corrected chi connectivity index (χ4v) is 9.22. The van der Waals surface area contributed by atoms with Crippen molar-refractivity contribution in [1.82, 2.24) is 19.5 Å². The Kier molecular flexibility index (Phi) is 8.13. The van der Waals surface area contributed by atoms with Crippen LogP contribution in [0.25, 0.3) is 116 Å². The maximum Gasteiger partial charge on any atom is 0.160 e. The molecular weight excluding hydrogens is 741 g/mol. The number of fused-ring (bicyclic) bond motifs is 8. The van der Waals surface area contributed by atoms with E-state index in [1.165, 1.54) is 54.6 Å². The zero-order chi connectivity index (χ0) is 40.3. The molecule has 4 heteroatoms. The standard InChI is InChI=1S/C57H36N4/c1-5-18-37(19-6-1)46-35-51-54(44-28-15-13-26-42(44)46)55-45-29-16-14-27-43(45)47(38-20-7-2-8-21-38)36-52(55)61(51)53-31-17-30-49(58-53)41-32-33-50-48(34-41)56(39-22-9-3-10-23-39)60-57(59-50)40-24-11-4-12-25-40/h1-36H. The molecule has 0 aliphatic heterocycles. The number of hydrogen-bond acceptors (Lipinski definition) is 3. The van der Waals surface area contributed by atoms with Crippen molar-refractivity contribution >= 4 is 54.3 Å². The van der Waals surface area contributed by atoms with Crippen molar-refractivity contribution in [3.05, 3.63) is 218 Å². The van der Waals surface area contributed by atoms with Gasteiger partial charge in [-0.05, 0) is 80.2 Å². The lowest BCUT2D eigenvalue weighted by Gasteiger charge is -2.14. The van der Waals surface area contributed by atoms with Gasteiger partial charge in [-0.25, -0.2) is 15.0 Å². The van der Waals surface area contributed by atoms with E-state index in [0.717, 1.165) is 55.8 Å². The third kappa shape index (κ3) is 5.80. The third-order valence-corrected chi connectivity index (χ3v) is 12.0. The van der Waals surface area contributed by atoms with E-state index in [4.69, 9.17) is 15.0 Å². The highest BCUT2D eigenvalue weighted by molar-refractivity contribution is 6.31. The van der Waals surface area contributed by atoms with Gasteiger partial charge in [0.2, 0.25) is 0 Å². The van der Waals surface area contributed by atoms with Gasteiger partial charge in [-0.2, -0.15) is 0 Å². The fraction of sp³-hybridized carbons (Fsp3) is 0. The first kappa shape index (κ1) is 34.8. The number of pyridine rings is 1. The summed E-state index contributed by atoms with van der Waals surface area (Å²) in [6.45, 7) is 0. The van der Waals surface area contributed by atoms with Crippen LogP contribution in [-0.2, 0) is 0 Å². The Balaban J connectivity index is 1.14. The quantitative estimate of drug-likeness (QED) is 0.169. The minimum Gasteiger partial charge on any atom is -0.294 e. The number of rotatable bonds is 6. The lowest BCUT2D eigenvalue weighted by atomic mass is 9.92. The molecule has 0 radical (unpaired) electrons. The van der Waals surface area contributed by atoms with Crippen LogP contribution < -0.4 is 0 Å². The molecule has 9 aromatic carbocycles. The third-order valence-electron chi connectivity index (χ3n) is 12.0. The highest BCUT2D eigenvalue weighted by Gasteiger charge is 2.23. The van der Waals surface area contributed by atoms with E-state index in [9.17, 15) is 0 Å². The van der Waals surface area contributed by atoms with E-state index < -0.39 is 0 Å². The summed E-state index contributed by atoms with van der Waals surface area (Å²) in [5.41, 5.74) is 12.6. The van der Waals surface area contributed by atoms with Crippen LogP contribution in [-0.4, -0.2) is 19.5 Å². The summed E-state index contributed by atoms with van der Waals surface area (Å²) in [6, 6.07) is 77.3. The smallest absolute Gasteiger partial charge is 0.160 e. The Morgan fingerprint density at radius 1 is 0.311 bits per heavy atom. The molecule has 61 heavy (non-hydrogen) atoms. The van der Waals surface area contributed by atoms with Gasteiger partial charge in [0.05, 0.1) is 27.9 Å². The van der Waals surface area contributed by atoms with Crippen LogP contribution >= 0.6 is 0 Å². The average Bonchev–Trinajstić information content (AvgIpc) is 3.68. The maximum atomic E-state index is 5.55. The Bertz CT molecular complexity index is 3480. The number of hydrogen-bond donors (Lipinski definition) is 0. The molecule has 3 heterocycles. The van der Waals surface area contributed by atoms with Gasteiger partial charge in [-0.1, -0.05) is 182 Å². The zero-order valence-electron chi connectivity index (χ0n) is 33.1. The summed E-state index contributed by atoms with van der Waals surface area (Å²) in [6.07, 6.45) is 0. The summed E-state index contributed by atoms with van der Waals surface area (Å²) in [5, 5.41) is 8.30. The van der Waals surface area contributed by atoms with Crippen molar-refractivity contribution in [3.8, 4) is 62.0 Å². The van der Waals surface area contributed by atoms with E-state index in [2.05, 4.69) is 199 Å². The van der Waals surface area contributed by atoms with Gasteiger partial charge < -0.3 is 0 Å². The van der Waals surface area contributed by atoms with Gasteiger partial charge in [0.15, 0.2) is 5.82 Å². The minimum absolute atomic E-state index is 0.705. The fourth-order valence-electron chi connectivity index (χ4n) is 9.22. The summed E-state index contributed by atoms with van der Waals surface area (Å²) < 4.78 is 2.39. The van der Waals surface area contributed by atoms with Crippen LogP contribution in [0.5, 0.6) is 0 Å². The Morgan fingerprint density at radius 2 is 0.803 bits per heavy atom. The SMILES string of the molecule is c1ccc(-c2nc(-c3ccccc3)c3cc(-c4cccc(-n5c6cc(-c7ccccc7)c7ccccc7c6c6c7ccccc7c(-c7ccccc7)cc65)n4)ccc3n2)cc1. The van der Waals surface area contributed by atoms with Crippen molar-refractivity contribution in [1.29, 1.82) is 0 Å². The predicted molar refractivity (Wildman–Crippen MR) is 254 cm³/mol. The second-order valence-electron chi connectivity index (χ2n) is 15.5. The van der Waals surface area contributed by atoms with Crippen LogP contribution in [0.15, 0.2) is 218 Å². The van der Waals surface area contributed by atoms with E-state index in [1.807, 2.05) is 24.3 Å². The normalized spacial score (nSPS) is 11.6. The lowest BCUT2D eigenvalue weighted by molar-refractivity contribution is 1.08. The highest BCUT2D eigenvalue weighted by Crippen LogP contribution is 2.46. The molecule has 0 atom stereocenters. The van der Waals surface area contributed by atoms with Crippen LogP contribution in [0.1, 0.15) is 0 Å². The molecule has 0 aliphatic carbocycles. The van der Waals surface area contributed by atoms with E-state index in [-0.39, 0.29) is 0 Å². The summed E-state index contributed by atoms with van der Waals surface area (Å²) >= 11 is 0. The van der Waals surface area contributed by atoms with Gasteiger partial charge in [0.25, 0.3) is 0 Å². The van der Waals surface area contributed by atoms with Gasteiger partial charge in [0.1, 0.15) is 5.82 Å². The van der Waals surface area contributed by atoms with Gasteiger partial charge >= 0.3 is 0 Å². The molecule has 0 fully saturated rings. The predicted octanol–water partition coefficient (Wildman–Crippen LogP) is 14.8. The second kappa shape index (κ2) is 14.3. The topological polar surface area (TPSA) is 43.6 Å². The van der Waals surface area contributed by atoms with Crippen molar-refractivity contribution in [2.45, 2.75) is 0 Å². The first-order valence-corrected chi connectivity index (χ1v) is 20.7. The van der Waals surface area contributed by atoms with Crippen LogP contribution in [0.4, 0.5) is 0 Å². The van der Waals surface area contributed by atoms with Crippen molar-refractivity contribution in [2.24, 2.45) is 0 Å². The average molecular weight is 777 g/mol. The molecule has 4 nitrogen and oxygen atoms in total. The molecule has 0 N–H and O–H groups in total. The molecule has 0 bridgehead atoms. The number of nitrogens with zero attached hydrogens (tertiary/aromatic N) is 4. The molecule has 12 aromatic rings. The molecule has 0 amide bonds. The van der Waals surface area contributed by atoms with Crippen LogP contribution in [0.3, 0.4) is 0 Å². The lowest BCUT2D eigenvalue weighted by Crippen LogP contribution is -2.00. The Morgan fingerprint density at radius 3 is 1.36 bits per heavy atom. The number of aromatic nitrogens is 4. The van der Waals surface area contributed by atoms with Crippen LogP contribution in [0.2, 0.25) is 0 Å². The summed E-state index contributed by atoms with van der Waals surface area (Å²) in [7, 11) is 0. The van der Waals surface area contributed by atoms with E-state index in [0.29, 0.717) is 5.82 Å². The summed E-state index contributed by atoms with van der Waals surface area (Å²) in [4.78, 5) is 15.8. The molecule has 0 saturated carbocycles. The first-order valence-electron chi connectivity index (χ1n) is 20.7. The highest BCUT2D eigenvalue weighted by atomic mass is 15.1. The first-order chi connectivity index (χ1) is 30.3. The largest absolute Gasteiger partial charge is 0.294 e. The molecule has 0 aliphatic rings. The molecule has 0 unspecified atom stereocenters. The van der Waals surface area contributed by atoms with Gasteiger partial charge in [-0.3, -0.25) is 4.57 Å². The molecular formula is C57H36N4. The van der Waals surface area contributed by atoms with Crippen molar-refractivity contribution < 1.29 is 0 Å². The molecule has 0 spiro atoms. The van der Waals surface area contributed by atoms with E-state index in [1.54, 1.807) is 0 Å². The molecule has 0 saturated heterocycles. The van der Waals surface area contributed by atoms with Crippen LogP contribution in [0, 0.1) is 0 Å². The summed E-state index contributed by atoms with van der Waals surface area (Å²) in [5.74, 6) is 1.55. The minimum atomic E-state index is 0.705. The van der Waals surface area contributed by atoms with Crippen molar-refractivity contribution in [2.75, 3.05) is 0 Å². The monoisotopic (exact) mass is 776 g/mol. The van der Waals surface area contributed by atoms with E-state index >= 15 is 0 Å².